The maximum absolute atomic E-state index is 12.4. The first-order valence-electron chi connectivity index (χ1n) is 7.29. The van der Waals surface area contributed by atoms with Crippen LogP contribution in [0, 0.1) is 0 Å². The highest BCUT2D eigenvalue weighted by atomic mass is 32.1. The molecule has 2 N–H and O–H groups in total. The molecular formula is C17H11N3O2S3. The van der Waals surface area contributed by atoms with Crippen LogP contribution < -0.4 is 10.9 Å². The van der Waals surface area contributed by atoms with E-state index < -0.39 is 0 Å². The SMILES string of the molecule is O=C(Nc1nc(-c2cccs2)c(-c2cccs2)s1)c1ccc(=O)[nH]c1. The molecule has 8 heteroatoms. The second-order valence-electron chi connectivity index (χ2n) is 5.05. The molecule has 0 aliphatic carbocycles. The monoisotopic (exact) mass is 385 g/mol. The van der Waals surface area contributed by atoms with Gasteiger partial charge in [0, 0.05) is 17.1 Å². The first-order valence-corrected chi connectivity index (χ1v) is 9.87. The zero-order valence-electron chi connectivity index (χ0n) is 12.7. The van der Waals surface area contributed by atoms with Gasteiger partial charge in [0.2, 0.25) is 5.56 Å². The molecule has 1 amide bonds. The fraction of sp³-hybridized carbons (Fsp3) is 0. The lowest BCUT2D eigenvalue weighted by Crippen LogP contribution is -2.14. The van der Waals surface area contributed by atoms with Crippen LogP contribution in [0.4, 0.5) is 5.13 Å². The van der Waals surface area contributed by atoms with Crippen molar-refractivity contribution in [3.05, 3.63) is 69.3 Å². The van der Waals surface area contributed by atoms with Gasteiger partial charge in [-0.15, -0.1) is 22.7 Å². The molecule has 5 nitrogen and oxygen atoms in total. The molecule has 124 valence electrons. The predicted molar refractivity (Wildman–Crippen MR) is 104 cm³/mol. The summed E-state index contributed by atoms with van der Waals surface area (Å²) in [5.41, 5.74) is 1.01. The number of hydrogen-bond acceptors (Lipinski definition) is 6. The molecule has 0 unspecified atom stereocenters. The molecular weight excluding hydrogens is 374 g/mol. The zero-order chi connectivity index (χ0) is 17.2. The summed E-state index contributed by atoms with van der Waals surface area (Å²) in [6.45, 7) is 0. The largest absolute Gasteiger partial charge is 0.328 e. The lowest BCUT2D eigenvalue weighted by molar-refractivity contribution is 0.102. The van der Waals surface area contributed by atoms with Gasteiger partial charge in [0.15, 0.2) is 5.13 Å². The highest BCUT2D eigenvalue weighted by Gasteiger charge is 2.18. The molecule has 4 heterocycles. The number of amides is 1. The minimum Gasteiger partial charge on any atom is -0.328 e. The van der Waals surface area contributed by atoms with Gasteiger partial charge in [-0.2, -0.15) is 0 Å². The average Bonchev–Trinajstić information content (AvgIpc) is 3.36. The summed E-state index contributed by atoms with van der Waals surface area (Å²) >= 11 is 4.70. The second kappa shape index (κ2) is 6.75. The van der Waals surface area contributed by atoms with Gasteiger partial charge >= 0.3 is 0 Å². The Morgan fingerprint density at radius 1 is 1.04 bits per heavy atom. The Bertz CT molecular complexity index is 991. The minimum atomic E-state index is -0.305. The van der Waals surface area contributed by atoms with E-state index in [0.29, 0.717) is 10.7 Å². The summed E-state index contributed by atoms with van der Waals surface area (Å²) in [6, 6.07) is 10.9. The number of anilines is 1. The van der Waals surface area contributed by atoms with Crippen LogP contribution in [-0.2, 0) is 0 Å². The van der Waals surface area contributed by atoms with Gasteiger partial charge in [-0.05, 0) is 29.0 Å². The quantitative estimate of drug-likeness (QED) is 0.541. The van der Waals surface area contributed by atoms with Crippen LogP contribution in [0.3, 0.4) is 0 Å². The van der Waals surface area contributed by atoms with E-state index in [2.05, 4.69) is 15.3 Å². The Hall–Kier alpha value is -2.55. The molecule has 25 heavy (non-hydrogen) atoms. The first kappa shape index (κ1) is 15.9. The molecule has 4 rings (SSSR count). The average molecular weight is 385 g/mol. The van der Waals surface area contributed by atoms with Crippen LogP contribution >= 0.6 is 34.0 Å². The van der Waals surface area contributed by atoms with E-state index in [1.54, 1.807) is 22.7 Å². The van der Waals surface area contributed by atoms with Gasteiger partial charge in [-0.3, -0.25) is 14.9 Å². The molecule has 0 aliphatic heterocycles. The van der Waals surface area contributed by atoms with Gasteiger partial charge < -0.3 is 4.98 Å². The van der Waals surface area contributed by atoms with E-state index in [1.807, 2.05) is 35.0 Å². The smallest absolute Gasteiger partial charge is 0.258 e. The third-order valence-electron chi connectivity index (χ3n) is 3.39. The molecule has 4 aromatic rings. The van der Waals surface area contributed by atoms with Crippen molar-refractivity contribution in [1.82, 2.24) is 9.97 Å². The van der Waals surface area contributed by atoms with Crippen LogP contribution in [0.2, 0.25) is 0 Å². The van der Waals surface area contributed by atoms with E-state index >= 15 is 0 Å². The Labute approximate surface area is 154 Å². The van der Waals surface area contributed by atoms with Crippen molar-refractivity contribution in [2.45, 2.75) is 0 Å². The van der Waals surface area contributed by atoms with Crippen LogP contribution in [0.1, 0.15) is 10.4 Å². The molecule has 0 spiro atoms. The fourth-order valence-corrected chi connectivity index (χ4v) is 4.86. The summed E-state index contributed by atoms with van der Waals surface area (Å²) in [6.07, 6.45) is 1.39. The molecule has 4 aromatic heterocycles. The molecule has 0 bridgehead atoms. The van der Waals surface area contributed by atoms with Crippen LogP contribution in [-0.4, -0.2) is 15.9 Å². The lowest BCUT2D eigenvalue weighted by Gasteiger charge is -2.00. The number of rotatable bonds is 4. The Morgan fingerprint density at radius 3 is 2.44 bits per heavy atom. The van der Waals surface area contributed by atoms with Crippen molar-refractivity contribution in [2.24, 2.45) is 0 Å². The predicted octanol–water partition coefficient (Wildman–Crippen LogP) is 4.54. The maximum atomic E-state index is 12.4. The number of aromatic nitrogens is 2. The summed E-state index contributed by atoms with van der Waals surface area (Å²) in [5.74, 6) is -0.305. The number of aromatic amines is 1. The molecule has 0 saturated carbocycles. The molecule has 0 atom stereocenters. The number of carbonyl (C=O) groups is 1. The van der Waals surface area contributed by atoms with E-state index in [4.69, 9.17) is 0 Å². The van der Waals surface area contributed by atoms with Crippen molar-refractivity contribution < 1.29 is 4.79 Å². The second-order valence-corrected chi connectivity index (χ2v) is 7.94. The zero-order valence-corrected chi connectivity index (χ0v) is 15.1. The number of thiazole rings is 1. The van der Waals surface area contributed by atoms with E-state index in [1.165, 1.54) is 29.7 Å². The lowest BCUT2D eigenvalue weighted by atomic mass is 10.2. The number of pyridine rings is 1. The maximum Gasteiger partial charge on any atom is 0.258 e. The van der Waals surface area contributed by atoms with Gasteiger partial charge in [-0.1, -0.05) is 23.5 Å². The van der Waals surface area contributed by atoms with Gasteiger partial charge in [0.1, 0.15) is 5.69 Å². The van der Waals surface area contributed by atoms with E-state index in [0.717, 1.165) is 20.3 Å². The van der Waals surface area contributed by atoms with E-state index in [9.17, 15) is 9.59 Å². The molecule has 0 radical (unpaired) electrons. The van der Waals surface area contributed by atoms with Crippen LogP contribution in [0.25, 0.3) is 20.3 Å². The Kier molecular flexibility index (Phi) is 4.31. The summed E-state index contributed by atoms with van der Waals surface area (Å²) in [7, 11) is 0. The summed E-state index contributed by atoms with van der Waals surface area (Å²) < 4.78 is 0. The molecule has 0 fully saturated rings. The minimum absolute atomic E-state index is 0.245. The standard InChI is InChI=1S/C17H11N3O2S3/c21-13-6-5-10(9-18-13)16(22)20-17-19-14(11-3-1-7-23-11)15(25-17)12-4-2-8-24-12/h1-9H,(H,18,21)(H,19,20,22). The van der Waals surface area contributed by atoms with Crippen molar-refractivity contribution in [3.63, 3.8) is 0 Å². The van der Waals surface area contributed by atoms with Gasteiger partial charge in [-0.25, -0.2) is 4.98 Å². The molecule has 0 aromatic carbocycles. The number of nitrogens with one attached hydrogen (secondary N) is 2. The highest BCUT2D eigenvalue weighted by Crippen LogP contribution is 2.42. The van der Waals surface area contributed by atoms with Crippen molar-refractivity contribution in [2.75, 3.05) is 5.32 Å². The third kappa shape index (κ3) is 3.32. The van der Waals surface area contributed by atoms with E-state index in [-0.39, 0.29) is 11.5 Å². The van der Waals surface area contributed by atoms with Crippen molar-refractivity contribution in [1.29, 1.82) is 0 Å². The summed E-state index contributed by atoms with van der Waals surface area (Å²) in [5, 5.41) is 7.37. The number of carbonyl (C=O) groups excluding carboxylic acids is 1. The Balaban J connectivity index is 1.69. The number of H-pyrrole nitrogens is 1. The highest BCUT2D eigenvalue weighted by molar-refractivity contribution is 7.24. The first-order chi connectivity index (χ1) is 12.2. The van der Waals surface area contributed by atoms with Gasteiger partial charge in [0.25, 0.3) is 5.91 Å². The topological polar surface area (TPSA) is 74.8 Å². The summed E-state index contributed by atoms with van der Waals surface area (Å²) in [4.78, 5) is 33.8. The Morgan fingerprint density at radius 2 is 1.80 bits per heavy atom. The van der Waals surface area contributed by atoms with Crippen molar-refractivity contribution >= 4 is 45.0 Å². The molecule has 0 saturated heterocycles. The number of hydrogen-bond donors (Lipinski definition) is 2. The molecule has 0 aliphatic rings. The fourth-order valence-electron chi connectivity index (χ4n) is 2.25. The van der Waals surface area contributed by atoms with Crippen LogP contribution in [0.15, 0.2) is 58.1 Å². The number of nitrogens with zero attached hydrogens (tertiary/aromatic N) is 1. The third-order valence-corrected chi connectivity index (χ3v) is 6.29. The normalized spacial score (nSPS) is 10.7. The number of thiophene rings is 2. The van der Waals surface area contributed by atoms with Crippen molar-refractivity contribution in [3.8, 4) is 20.3 Å². The van der Waals surface area contributed by atoms with Crippen LogP contribution in [0.5, 0.6) is 0 Å². The van der Waals surface area contributed by atoms with Gasteiger partial charge in [0.05, 0.1) is 15.3 Å².